The molecule has 0 aromatic heterocycles. The lowest BCUT2D eigenvalue weighted by atomic mass is 9.87. The molecule has 1 aromatic carbocycles. The summed E-state index contributed by atoms with van der Waals surface area (Å²) >= 11 is 0. The van der Waals surface area contributed by atoms with E-state index in [9.17, 15) is 4.79 Å². The predicted octanol–water partition coefficient (Wildman–Crippen LogP) is 3.20. The molecule has 2 atom stereocenters. The number of hydrogen-bond acceptors (Lipinski definition) is 3. The zero-order valence-electron chi connectivity index (χ0n) is 15.9. The van der Waals surface area contributed by atoms with Crippen molar-refractivity contribution in [3.8, 4) is 0 Å². The van der Waals surface area contributed by atoms with Crippen LogP contribution in [0.5, 0.6) is 0 Å². The Labute approximate surface area is 152 Å². The summed E-state index contributed by atoms with van der Waals surface area (Å²) in [4.78, 5) is 14.8. The number of amides is 1. The molecule has 0 radical (unpaired) electrons. The molecule has 1 amide bonds. The largest absolute Gasteiger partial charge is 0.371 e. The fourth-order valence-corrected chi connectivity index (χ4v) is 4.03. The molecule has 4 heteroatoms. The number of benzene rings is 1. The smallest absolute Gasteiger partial charge is 0.223 e. The average molecular weight is 344 g/mol. The Morgan fingerprint density at radius 1 is 1.08 bits per heavy atom. The number of nitrogens with one attached hydrogen (secondary N) is 1. The van der Waals surface area contributed by atoms with Crippen molar-refractivity contribution in [2.75, 3.05) is 18.0 Å². The summed E-state index contributed by atoms with van der Waals surface area (Å²) in [5, 5.41) is 3.26. The molecule has 2 fully saturated rings. The molecule has 1 aromatic rings. The van der Waals surface area contributed by atoms with Gasteiger partial charge in [0.25, 0.3) is 0 Å². The standard InChI is InChI=1S/C21H33N3O/c1-21(2,3)16-5-8-19(9-6-16)24-12-10-18(11-13-24)23-20(25)15-4-7-17(22)14-15/h5-6,8-9,15,17-18H,4,7,10-14,22H2,1-3H3,(H,23,25). The lowest BCUT2D eigenvalue weighted by Crippen LogP contribution is -2.46. The highest BCUT2D eigenvalue weighted by molar-refractivity contribution is 5.79. The van der Waals surface area contributed by atoms with E-state index < -0.39 is 0 Å². The van der Waals surface area contributed by atoms with Crippen LogP contribution in [0.2, 0.25) is 0 Å². The topological polar surface area (TPSA) is 58.4 Å². The van der Waals surface area contributed by atoms with Crippen molar-refractivity contribution in [1.29, 1.82) is 0 Å². The fourth-order valence-electron chi connectivity index (χ4n) is 4.03. The van der Waals surface area contributed by atoms with Crippen molar-refractivity contribution in [3.05, 3.63) is 29.8 Å². The van der Waals surface area contributed by atoms with Gasteiger partial charge in [-0.1, -0.05) is 32.9 Å². The van der Waals surface area contributed by atoms with Crippen molar-refractivity contribution in [2.24, 2.45) is 11.7 Å². The molecule has 1 saturated carbocycles. The summed E-state index contributed by atoms with van der Waals surface area (Å²) in [5.74, 6) is 0.360. The van der Waals surface area contributed by atoms with Gasteiger partial charge in [-0.05, 0) is 55.2 Å². The lowest BCUT2D eigenvalue weighted by molar-refractivity contribution is -0.125. The van der Waals surface area contributed by atoms with Crippen molar-refractivity contribution in [1.82, 2.24) is 5.32 Å². The average Bonchev–Trinajstić information content (AvgIpc) is 3.02. The summed E-state index contributed by atoms with van der Waals surface area (Å²) < 4.78 is 0. The van der Waals surface area contributed by atoms with E-state index >= 15 is 0 Å². The first-order valence-electron chi connectivity index (χ1n) is 9.74. The Morgan fingerprint density at radius 3 is 2.24 bits per heavy atom. The van der Waals surface area contributed by atoms with E-state index in [1.54, 1.807) is 0 Å². The number of carbonyl (C=O) groups is 1. The van der Waals surface area contributed by atoms with E-state index in [2.05, 4.69) is 55.3 Å². The second-order valence-electron chi connectivity index (χ2n) is 8.84. The normalized spacial score (nSPS) is 25.2. The number of hydrogen-bond donors (Lipinski definition) is 2. The van der Waals surface area contributed by atoms with Crippen molar-refractivity contribution >= 4 is 11.6 Å². The highest BCUT2D eigenvalue weighted by Gasteiger charge is 2.30. The molecule has 3 N–H and O–H groups in total. The second-order valence-corrected chi connectivity index (χ2v) is 8.84. The quantitative estimate of drug-likeness (QED) is 0.886. The third-order valence-corrected chi connectivity index (χ3v) is 5.78. The highest BCUT2D eigenvalue weighted by Crippen LogP contribution is 2.27. The first kappa shape index (κ1) is 18.2. The van der Waals surface area contributed by atoms with Crippen LogP contribution in [0.15, 0.2) is 24.3 Å². The molecule has 1 heterocycles. The van der Waals surface area contributed by atoms with Crippen LogP contribution in [-0.4, -0.2) is 31.1 Å². The Bertz CT molecular complexity index is 582. The van der Waals surface area contributed by atoms with Gasteiger partial charge < -0.3 is 16.0 Å². The number of rotatable bonds is 3. The number of carbonyl (C=O) groups excluding carboxylic acids is 1. The third-order valence-electron chi connectivity index (χ3n) is 5.78. The van der Waals surface area contributed by atoms with Gasteiger partial charge in [0.2, 0.25) is 5.91 Å². The minimum atomic E-state index is 0.137. The maximum atomic E-state index is 12.4. The van der Waals surface area contributed by atoms with Crippen LogP contribution in [0.25, 0.3) is 0 Å². The maximum absolute atomic E-state index is 12.4. The molecule has 2 unspecified atom stereocenters. The summed E-state index contributed by atoms with van der Waals surface area (Å²) in [6.45, 7) is 8.74. The lowest BCUT2D eigenvalue weighted by Gasteiger charge is -2.34. The van der Waals surface area contributed by atoms with Crippen LogP contribution in [0.4, 0.5) is 5.69 Å². The van der Waals surface area contributed by atoms with Crippen LogP contribution < -0.4 is 16.0 Å². The van der Waals surface area contributed by atoms with Gasteiger partial charge in [0, 0.05) is 36.8 Å². The molecule has 3 rings (SSSR count). The van der Waals surface area contributed by atoms with Gasteiger partial charge in [-0.25, -0.2) is 0 Å². The summed E-state index contributed by atoms with van der Waals surface area (Å²) in [5.41, 5.74) is 8.78. The molecule has 25 heavy (non-hydrogen) atoms. The maximum Gasteiger partial charge on any atom is 0.223 e. The van der Waals surface area contributed by atoms with E-state index in [0.717, 1.165) is 45.2 Å². The van der Waals surface area contributed by atoms with E-state index in [-0.39, 0.29) is 23.3 Å². The summed E-state index contributed by atoms with van der Waals surface area (Å²) in [6, 6.07) is 9.49. The molecule has 0 spiro atoms. The summed E-state index contributed by atoms with van der Waals surface area (Å²) in [7, 11) is 0. The molecular weight excluding hydrogens is 310 g/mol. The van der Waals surface area contributed by atoms with E-state index in [4.69, 9.17) is 5.73 Å². The fraction of sp³-hybridized carbons (Fsp3) is 0.667. The van der Waals surface area contributed by atoms with Gasteiger partial charge in [-0.15, -0.1) is 0 Å². The summed E-state index contributed by atoms with van der Waals surface area (Å²) in [6.07, 6.45) is 4.83. The Balaban J connectivity index is 1.49. The molecular formula is C21H33N3O. The van der Waals surface area contributed by atoms with Gasteiger partial charge >= 0.3 is 0 Å². The van der Waals surface area contributed by atoms with Crippen LogP contribution in [0.1, 0.15) is 58.4 Å². The van der Waals surface area contributed by atoms with E-state index in [1.165, 1.54) is 11.3 Å². The Kier molecular flexibility index (Phi) is 5.38. The minimum Gasteiger partial charge on any atom is -0.371 e. The van der Waals surface area contributed by atoms with Crippen molar-refractivity contribution in [3.63, 3.8) is 0 Å². The molecule has 1 aliphatic heterocycles. The minimum absolute atomic E-state index is 0.137. The number of piperidine rings is 1. The number of nitrogens with two attached hydrogens (primary N) is 1. The van der Waals surface area contributed by atoms with Gasteiger partial charge in [0.15, 0.2) is 0 Å². The van der Waals surface area contributed by atoms with Crippen molar-refractivity contribution < 1.29 is 4.79 Å². The van der Waals surface area contributed by atoms with Crippen LogP contribution in [0.3, 0.4) is 0 Å². The van der Waals surface area contributed by atoms with Gasteiger partial charge in [0.05, 0.1) is 0 Å². The Morgan fingerprint density at radius 2 is 1.72 bits per heavy atom. The molecule has 4 nitrogen and oxygen atoms in total. The highest BCUT2D eigenvalue weighted by atomic mass is 16.1. The van der Waals surface area contributed by atoms with E-state index in [1.807, 2.05) is 0 Å². The second kappa shape index (κ2) is 7.36. The predicted molar refractivity (Wildman–Crippen MR) is 104 cm³/mol. The zero-order valence-corrected chi connectivity index (χ0v) is 15.9. The van der Waals surface area contributed by atoms with Crippen LogP contribution in [0, 0.1) is 5.92 Å². The Hall–Kier alpha value is -1.55. The zero-order chi connectivity index (χ0) is 18.0. The van der Waals surface area contributed by atoms with Gasteiger partial charge in [-0.2, -0.15) is 0 Å². The van der Waals surface area contributed by atoms with Gasteiger partial charge in [0.1, 0.15) is 0 Å². The molecule has 1 saturated heterocycles. The first-order valence-corrected chi connectivity index (χ1v) is 9.74. The van der Waals surface area contributed by atoms with Crippen LogP contribution in [-0.2, 0) is 10.2 Å². The number of nitrogens with zero attached hydrogens (tertiary/aromatic N) is 1. The van der Waals surface area contributed by atoms with Gasteiger partial charge in [-0.3, -0.25) is 4.79 Å². The SMILES string of the molecule is CC(C)(C)c1ccc(N2CCC(NC(=O)C3CCC(N)C3)CC2)cc1. The van der Waals surface area contributed by atoms with Crippen molar-refractivity contribution in [2.45, 2.75) is 70.4 Å². The van der Waals surface area contributed by atoms with Crippen LogP contribution >= 0.6 is 0 Å². The number of anilines is 1. The molecule has 1 aliphatic carbocycles. The molecule has 138 valence electrons. The van der Waals surface area contributed by atoms with E-state index in [0.29, 0.717) is 6.04 Å². The molecule has 0 bridgehead atoms. The molecule has 2 aliphatic rings. The first-order chi connectivity index (χ1) is 11.8. The monoisotopic (exact) mass is 343 g/mol. The third kappa shape index (κ3) is 4.55.